The molecule has 0 radical (unpaired) electrons. The van der Waals surface area contributed by atoms with Crippen LogP contribution in [0.5, 0.6) is 0 Å². The molecule has 13 rings (SSSR count). The highest BCUT2D eigenvalue weighted by Crippen LogP contribution is 2.40. The van der Waals surface area contributed by atoms with Gasteiger partial charge in [0.05, 0.1) is 46.0 Å². The largest absolute Gasteiger partial charge is 0.342 e. The Kier molecular flexibility index (Phi) is 9.06. The zero-order valence-corrected chi connectivity index (χ0v) is 36.3. The van der Waals surface area contributed by atoms with Crippen LogP contribution in [0.25, 0.3) is 122 Å². The van der Waals surface area contributed by atoms with Crippen molar-refractivity contribution in [2.75, 3.05) is 0 Å². The number of fused-ring (bicyclic) bond motifs is 6. The molecule has 4 aromatic heterocycles. The number of benzene rings is 9. The molecule has 67 heavy (non-hydrogen) atoms. The van der Waals surface area contributed by atoms with Crippen LogP contribution < -0.4 is 0 Å². The van der Waals surface area contributed by atoms with E-state index in [1.54, 1.807) is 12.5 Å². The normalized spacial score (nSPS) is 11.6. The van der Waals surface area contributed by atoms with Gasteiger partial charge in [0.15, 0.2) is 5.82 Å². The van der Waals surface area contributed by atoms with E-state index in [0.717, 1.165) is 78.4 Å². The number of nitrogens with zero attached hydrogens (tertiary/aromatic N) is 5. The first kappa shape index (κ1) is 38.3. The SMILES string of the molecule is c1ccc(-c2ccc(-c3cc(-c4cc(-c5ccc6c7ccccc7n(-c7ccccc7)c6c5)cc(-c5ccc6c7ccccc7n(-c7ccccc7)c6c5)c4)nc(-c4cnc[nH]4)n3)cc2)cc1. The fraction of sp³-hybridized carbons (Fsp3) is 0. The molecule has 0 saturated carbocycles. The Hall–Kier alpha value is -9.13. The van der Waals surface area contributed by atoms with E-state index in [1.807, 2.05) is 6.07 Å². The van der Waals surface area contributed by atoms with Gasteiger partial charge in [-0.3, -0.25) is 0 Å². The summed E-state index contributed by atoms with van der Waals surface area (Å²) in [5, 5.41) is 4.87. The lowest BCUT2D eigenvalue weighted by Gasteiger charge is -2.14. The van der Waals surface area contributed by atoms with E-state index in [4.69, 9.17) is 9.97 Å². The number of rotatable bonds is 8. The van der Waals surface area contributed by atoms with Crippen LogP contribution in [0.3, 0.4) is 0 Å². The molecule has 1 N–H and O–H groups in total. The van der Waals surface area contributed by atoms with Crippen molar-refractivity contribution in [2.45, 2.75) is 0 Å². The molecule has 0 spiro atoms. The summed E-state index contributed by atoms with van der Waals surface area (Å²) in [6.45, 7) is 0. The average molecular weight is 857 g/mol. The Labute approximate surface area is 386 Å². The number of nitrogens with one attached hydrogen (secondary N) is 1. The van der Waals surface area contributed by atoms with Gasteiger partial charge in [0.25, 0.3) is 0 Å². The molecule has 0 amide bonds. The Bertz CT molecular complexity index is 3770. The van der Waals surface area contributed by atoms with Gasteiger partial charge >= 0.3 is 0 Å². The lowest BCUT2D eigenvalue weighted by Crippen LogP contribution is -1.97. The van der Waals surface area contributed by atoms with Gasteiger partial charge < -0.3 is 14.1 Å². The van der Waals surface area contributed by atoms with Gasteiger partial charge in [-0.15, -0.1) is 0 Å². The predicted octanol–water partition coefficient (Wildman–Crippen LogP) is 15.4. The van der Waals surface area contributed by atoms with Crippen molar-refractivity contribution in [3.63, 3.8) is 0 Å². The van der Waals surface area contributed by atoms with Crippen molar-refractivity contribution in [2.24, 2.45) is 0 Å². The lowest BCUT2D eigenvalue weighted by atomic mass is 9.93. The van der Waals surface area contributed by atoms with Crippen molar-refractivity contribution in [3.05, 3.63) is 237 Å². The summed E-state index contributed by atoms with van der Waals surface area (Å²) >= 11 is 0. The Morgan fingerprint density at radius 1 is 0.313 bits per heavy atom. The monoisotopic (exact) mass is 856 g/mol. The van der Waals surface area contributed by atoms with E-state index in [-0.39, 0.29) is 0 Å². The van der Waals surface area contributed by atoms with Crippen LogP contribution in [0, 0.1) is 0 Å². The predicted molar refractivity (Wildman–Crippen MR) is 275 cm³/mol. The topological polar surface area (TPSA) is 64.3 Å². The van der Waals surface area contributed by atoms with Gasteiger partial charge in [-0.1, -0.05) is 152 Å². The van der Waals surface area contributed by atoms with Gasteiger partial charge in [-0.25, -0.2) is 15.0 Å². The Morgan fingerprint density at radius 2 is 0.746 bits per heavy atom. The van der Waals surface area contributed by atoms with Crippen molar-refractivity contribution in [1.82, 2.24) is 29.1 Å². The summed E-state index contributed by atoms with van der Waals surface area (Å²) in [6.07, 6.45) is 3.46. The minimum absolute atomic E-state index is 0.576. The van der Waals surface area contributed by atoms with E-state index in [2.05, 4.69) is 237 Å². The molecular formula is C61H40N6. The van der Waals surface area contributed by atoms with Crippen LogP contribution >= 0.6 is 0 Å². The maximum atomic E-state index is 5.28. The molecule has 0 bridgehead atoms. The second kappa shape index (κ2) is 15.8. The number of imidazole rings is 1. The molecule has 0 saturated heterocycles. The summed E-state index contributed by atoms with van der Waals surface area (Å²) in [7, 11) is 0. The summed E-state index contributed by atoms with van der Waals surface area (Å²) in [4.78, 5) is 18.0. The minimum atomic E-state index is 0.576. The third-order valence-electron chi connectivity index (χ3n) is 13.0. The Morgan fingerprint density at radius 3 is 1.28 bits per heavy atom. The van der Waals surface area contributed by atoms with Gasteiger partial charge in [-0.05, 0) is 106 Å². The molecule has 4 heterocycles. The Balaban J connectivity index is 1.04. The van der Waals surface area contributed by atoms with Crippen LogP contribution in [0.1, 0.15) is 0 Å². The van der Waals surface area contributed by atoms with Crippen LogP contribution in [0.2, 0.25) is 0 Å². The molecule has 0 aliphatic carbocycles. The van der Waals surface area contributed by atoms with Gasteiger partial charge in [0, 0.05) is 44.0 Å². The highest BCUT2D eigenvalue weighted by atomic mass is 15.0. The first-order valence-corrected chi connectivity index (χ1v) is 22.6. The number of H-pyrrole nitrogens is 1. The van der Waals surface area contributed by atoms with E-state index in [9.17, 15) is 0 Å². The van der Waals surface area contributed by atoms with Crippen molar-refractivity contribution < 1.29 is 0 Å². The summed E-state index contributed by atoms with van der Waals surface area (Å²) in [6, 6.07) is 80.5. The quantitative estimate of drug-likeness (QED) is 0.166. The molecule has 6 heteroatoms. The van der Waals surface area contributed by atoms with E-state index in [1.165, 1.54) is 38.1 Å². The first-order valence-electron chi connectivity index (χ1n) is 22.6. The smallest absolute Gasteiger partial charge is 0.178 e. The fourth-order valence-electron chi connectivity index (χ4n) is 9.83. The van der Waals surface area contributed by atoms with Crippen LogP contribution in [-0.2, 0) is 0 Å². The maximum Gasteiger partial charge on any atom is 0.178 e. The standard InChI is InChI=1S/C61H40N6/c1-4-14-40(15-5-1)41-24-26-42(27-25-41)54-37-55(65-61(64-54)56-38-62-39-63-56)47-33-45(43-28-30-52-50-20-10-12-22-57(50)66(59(52)35-43)48-16-6-2-7-17-48)32-46(34-47)44-29-31-53-51-21-11-13-23-58(51)67(60(53)36-44)49-18-8-3-9-19-49/h1-39H,(H,62,63). The molecule has 0 unspecified atom stereocenters. The third kappa shape index (κ3) is 6.70. The highest BCUT2D eigenvalue weighted by molar-refractivity contribution is 6.11. The fourth-order valence-corrected chi connectivity index (χ4v) is 9.83. The number of para-hydroxylation sites is 4. The van der Waals surface area contributed by atoms with E-state index in [0.29, 0.717) is 5.82 Å². The molecule has 0 aliphatic heterocycles. The molecule has 0 aliphatic rings. The second-order valence-corrected chi connectivity index (χ2v) is 17.0. The molecular weight excluding hydrogens is 817 g/mol. The van der Waals surface area contributed by atoms with Crippen LogP contribution in [-0.4, -0.2) is 29.1 Å². The van der Waals surface area contributed by atoms with Crippen LogP contribution in [0.15, 0.2) is 237 Å². The van der Waals surface area contributed by atoms with E-state index >= 15 is 0 Å². The first-order chi connectivity index (χ1) is 33.2. The number of hydrogen-bond acceptors (Lipinski definition) is 3. The molecule has 0 atom stereocenters. The summed E-state index contributed by atoms with van der Waals surface area (Å²) < 4.78 is 4.76. The summed E-state index contributed by atoms with van der Waals surface area (Å²) in [5.74, 6) is 0.576. The van der Waals surface area contributed by atoms with Gasteiger partial charge in [0.1, 0.15) is 5.69 Å². The molecule has 314 valence electrons. The zero-order chi connectivity index (χ0) is 44.3. The van der Waals surface area contributed by atoms with Gasteiger partial charge in [0.2, 0.25) is 0 Å². The van der Waals surface area contributed by atoms with Gasteiger partial charge in [-0.2, -0.15) is 0 Å². The van der Waals surface area contributed by atoms with E-state index < -0.39 is 0 Å². The lowest BCUT2D eigenvalue weighted by molar-refractivity contribution is 1.16. The van der Waals surface area contributed by atoms with Crippen molar-refractivity contribution in [1.29, 1.82) is 0 Å². The number of aromatic amines is 1. The molecule has 13 aromatic rings. The minimum Gasteiger partial charge on any atom is -0.342 e. The third-order valence-corrected chi connectivity index (χ3v) is 13.0. The second-order valence-electron chi connectivity index (χ2n) is 17.0. The average Bonchev–Trinajstić information content (AvgIpc) is 4.15. The summed E-state index contributed by atoms with van der Waals surface area (Å²) in [5.41, 5.74) is 17.9. The number of hydrogen-bond donors (Lipinski definition) is 1. The highest BCUT2D eigenvalue weighted by Gasteiger charge is 2.19. The number of aromatic nitrogens is 6. The molecule has 9 aromatic carbocycles. The van der Waals surface area contributed by atoms with Crippen molar-refractivity contribution >= 4 is 43.6 Å². The molecule has 0 fully saturated rings. The molecule has 6 nitrogen and oxygen atoms in total. The zero-order valence-electron chi connectivity index (χ0n) is 36.3. The van der Waals surface area contributed by atoms with Crippen LogP contribution in [0.4, 0.5) is 0 Å². The van der Waals surface area contributed by atoms with Crippen molar-refractivity contribution in [3.8, 4) is 78.8 Å². The maximum absolute atomic E-state index is 5.28.